The van der Waals surface area contributed by atoms with E-state index in [1.54, 1.807) is 0 Å². The van der Waals surface area contributed by atoms with Crippen LogP contribution in [0.2, 0.25) is 0 Å². The monoisotopic (exact) mass is 245 g/mol. The van der Waals surface area contributed by atoms with Gasteiger partial charge in [-0.25, -0.2) is 0 Å². The Hall–Kier alpha value is -1.64. The first-order valence-electron chi connectivity index (χ1n) is 6.50. The van der Waals surface area contributed by atoms with Gasteiger partial charge in [0.15, 0.2) is 0 Å². The van der Waals surface area contributed by atoms with Crippen LogP contribution in [0.1, 0.15) is 37.8 Å². The summed E-state index contributed by atoms with van der Waals surface area (Å²) in [6.45, 7) is 2.85. The van der Waals surface area contributed by atoms with Crippen LogP contribution in [0.15, 0.2) is 30.3 Å². The number of hydrogen-bond donors (Lipinski definition) is 0. The summed E-state index contributed by atoms with van der Waals surface area (Å²) in [7, 11) is 0. The van der Waals surface area contributed by atoms with Gasteiger partial charge in [-0.3, -0.25) is 4.79 Å². The van der Waals surface area contributed by atoms with Crippen molar-refractivity contribution in [1.29, 1.82) is 0 Å². The van der Waals surface area contributed by atoms with E-state index in [-0.39, 0.29) is 11.9 Å². The molecule has 0 aliphatic carbocycles. The molecular formula is C15H19NO2. The van der Waals surface area contributed by atoms with Crippen LogP contribution in [0.4, 0.5) is 0 Å². The summed E-state index contributed by atoms with van der Waals surface area (Å²) in [5, 5.41) is 0. The lowest BCUT2D eigenvalue weighted by molar-refractivity contribution is -0.129. The molecule has 0 saturated carbocycles. The van der Waals surface area contributed by atoms with E-state index in [1.165, 1.54) is 5.56 Å². The molecule has 0 aromatic heterocycles. The molecule has 1 amide bonds. The Morgan fingerprint density at radius 2 is 2.11 bits per heavy atom. The number of aldehydes is 1. The minimum Gasteiger partial charge on any atom is -0.336 e. The standard InChI is InChI=1S/C15H19NO2/c1-12(14-7-3-2-4-8-14)16-11-13(6-5-9-17)10-15(16)18/h2-4,7-9,12-13H,5-6,10-11H2,1H3. The Balaban J connectivity index is 2.01. The van der Waals surface area contributed by atoms with Gasteiger partial charge in [-0.15, -0.1) is 0 Å². The predicted octanol–water partition coefficient (Wildman–Crippen LogP) is 2.58. The van der Waals surface area contributed by atoms with Crippen molar-refractivity contribution < 1.29 is 9.59 Å². The normalized spacial score (nSPS) is 21.1. The number of carbonyl (C=O) groups excluding carboxylic acids is 2. The van der Waals surface area contributed by atoms with Crippen molar-refractivity contribution in [2.45, 2.75) is 32.2 Å². The fourth-order valence-electron chi connectivity index (χ4n) is 2.59. The molecule has 1 heterocycles. The summed E-state index contributed by atoms with van der Waals surface area (Å²) in [6.07, 6.45) is 2.91. The Morgan fingerprint density at radius 3 is 2.78 bits per heavy atom. The third-order valence-corrected chi connectivity index (χ3v) is 3.68. The third-order valence-electron chi connectivity index (χ3n) is 3.68. The first-order chi connectivity index (χ1) is 8.72. The molecule has 0 bridgehead atoms. The lowest BCUT2D eigenvalue weighted by Gasteiger charge is -2.25. The maximum Gasteiger partial charge on any atom is 0.223 e. The number of rotatable bonds is 5. The smallest absolute Gasteiger partial charge is 0.223 e. The van der Waals surface area contributed by atoms with Gasteiger partial charge in [0.2, 0.25) is 5.91 Å². The van der Waals surface area contributed by atoms with Crippen molar-refractivity contribution in [3.63, 3.8) is 0 Å². The molecule has 0 radical (unpaired) electrons. The fraction of sp³-hybridized carbons (Fsp3) is 0.467. The van der Waals surface area contributed by atoms with Gasteiger partial charge in [-0.2, -0.15) is 0 Å². The van der Waals surface area contributed by atoms with Crippen molar-refractivity contribution in [2.24, 2.45) is 5.92 Å². The summed E-state index contributed by atoms with van der Waals surface area (Å²) in [6, 6.07) is 10.2. The van der Waals surface area contributed by atoms with Crippen LogP contribution in [-0.2, 0) is 9.59 Å². The van der Waals surface area contributed by atoms with E-state index < -0.39 is 0 Å². The molecule has 1 fully saturated rings. The van der Waals surface area contributed by atoms with Crippen LogP contribution in [0, 0.1) is 5.92 Å². The summed E-state index contributed by atoms with van der Waals surface area (Å²) in [5.41, 5.74) is 1.17. The number of hydrogen-bond acceptors (Lipinski definition) is 2. The third kappa shape index (κ3) is 2.78. The van der Waals surface area contributed by atoms with E-state index >= 15 is 0 Å². The average Bonchev–Trinajstić information content (AvgIpc) is 2.78. The van der Waals surface area contributed by atoms with E-state index in [1.807, 2.05) is 23.1 Å². The molecule has 1 aromatic carbocycles. The molecule has 1 aromatic rings. The molecule has 2 unspecified atom stereocenters. The molecule has 2 atom stereocenters. The highest BCUT2D eigenvalue weighted by Crippen LogP contribution is 2.30. The van der Waals surface area contributed by atoms with Crippen LogP contribution < -0.4 is 0 Å². The largest absolute Gasteiger partial charge is 0.336 e. The zero-order chi connectivity index (χ0) is 13.0. The van der Waals surface area contributed by atoms with Crippen LogP contribution in [-0.4, -0.2) is 23.6 Å². The molecule has 2 rings (SSSR count). The lowest BCUT2D eigenvalue weighted by Crippen LogP contribution is -2.28. The maximum atomic E-state index is 12.0. The van der Waals surface area contributed by atoms with Crippen LogP contribution in [0.25, 0.3) is 0 Å². The van der Waals surface area contributed by atoms with Crippen molar-refractivity contribution in [1.82, 2.24) is 4.90 Å². The summed E-state index contributed by atoms with van der Waals surface area (Å²) >= 11 is 0. The molecule has 18 heavy (non-hydrogen) atoms. The second-order valence-corrected chi connectivity index (χ2v) is 4.95. The average molecular weight is 245 g/mol. The number of benzene rings is 1. The molecule has 0 spiro atoms. The van der Waals surface area contributed by atoms with Crippen molar-refractivity contribution in [3.8, 4) is 0 Å². The van der Waals surface area contributed by atoms with E-state index in [2.05, 4.69) is 19.1 Å². The first kappa shape index (κ1) is 12.8. The van der Waals surface area contributed by atoms with Gasteiger partial charge < -0.3 is 9.69 Å². The maximum absolute atomic E-state index is 12.0. The number of likely N-dealkylation sites (tertiary alicyclic amines) is 1. The highest BCUT2D eigenvalue weighted by atomic mass is 16.2. The second kappa shape index (κ2) is 5.80. The van der Waals surface area contributed by atoms with E-state index in [0.717, 1.165) is 19.3 Å². The number of amides is 1. The highest BCUT2D eigenvalue weighted by molar-refractivity contribution is 5.79. The zero-order valence-corrected chi connectivity index (χ0v) is 10.7. The summed E-state index contributed by atoms with van der Waals surface area (Å²) < 4.78 is 0. The summed E-state index contributed by atoms with van der Waals surface area (Å²) in [5.74, 6) is 0.552. The van der Waals surface area contributed by atoms with Crippen molar-refractivity contribution >= 4 is 12.2 Å². The Bertz CT molecular complexity index is 416. The minimum absolute atomic E-state index is 0.125. The van der Waals surface area contributed by atoms with Crippen molar-refractivity contribution in [3.05, 3.63) is 35.9 Å². The molecule has 3 heteroatoms. The lowest BCUT2D eigenvalue weighted by atomic mass is 10.0. The molecule has 0 N–H and O–H groups in total. The molecule has 3 nitrogen and oxygen atoms in total. The molecule has 1 aliphatic rings. The Labute approximate surface area is 108 Å². The van der Waals surface area contributed by atoms with Gasteiger partial charge in [0.05, 0.1) is 6.04 Å². The van der Waals surface area contributed by atoms with Gasteiger partial charge in [0.25, 0.3) is 0 Å². The number of carbonyl (C=O) groups is 2. The fourth-order valence-corrected chi connectivity index (χ4v) is 2.59. The van der Waals surface area contributed by atoms with Gasteiger partial charge in [-0.1, -0.05) is 30.3 Å². The van der Waals surface area contributed by atoms with E-state index in [4.69, 9.17) is 0 Å². The van der Waals surface area contributed by atoms with Crippen LogP contribution >= 0.6 is 0 Å². The quantitative estimate of drug-likeness (QED) is 0.748. The van der Waals surface area contributed by atoms with Gasteiger partial charge >= 0.3 is 0 Å². The molecular weight excluding hydrogens is 226 g/mol. The van der Waals surface area contributed by atoms with Gasteiger partial charge in [0, 0.05) is 19.4 Å². The summed E-state index contributed by atoms with van der Waals surface area (Å²) in [4.78, 5) is 24.3. The Morgan fingerprint density at radius 1 is 1.39 bits per heavy atom. The van der Waals surface area contributed by atoms with E-state index in [9.17, 15) is 9.59 Å². The SMILES string of the molecule is CC(c1ccccc1)N1CC(CCC=O)CC1=O. The highest BCUT2D eigenvalue weighted by Gasteiger charge is 2.32. The first-order valence-corrected chi connectivity index (χ1v) is 6.50. The number of nitrogens with zero attached hydrogens (tertiary/aromatic N) is 1. The minimum atomic E-state index is 0.125. The topological polar surface area (TPSA) is 37.4 Å². The molecule has 1 saturated heterocycles. The van der Waals surface area contributed by atoms with E-state index in [0.29, 0.717) is 18.8 Å². The second-order valence-electron chi connectivity index (χ2n) is 4.95. The zero-order valence-electron chi connectivity index (χ0n) is 10.7. The molecule has 96 valence electrons. The Kier molecular flexibility index (Phi) is 4.13. The van der Waals surface area contributed by atoms with Gasteiger partial charge in [0.1, 0.15) is 6.29 Å². The van der Waals surface area contributed by atoms with Gasteiger partial charge in [-0.05, 0) is 24.8 Å². The van der Waals surface area contributed by atoms with Crippen LogP contribution in [0.5, 0.6) is 0 Å². The van der Waals surface area contributed by atoms with Crippen LogP contribution in [0.3, 0.4) is 0 Å². The predicted molar refractivity (Wildman–Crippen MR) is 70.0 cm³/mol. The molecule has 1 aliphatic heterocycles. The van der Waals surface area contributed by atoms with Crippen molar-refractivity contribution in [2.75, 3.05) is 6.54 Å².